The van der Waals surface area contributed by atoms with Gasteiger partial charge in [-0.15, -0.1) is 0 Å². The van der Waals surface area contributed by atoms with Crippen LogP contribution in [-0.2, 0) is 9.47 Å². The third-order valence-electron chi connectivity index (χ3n) is 5.12. The number of aromatic nitrogens is 2. The minimum absolute atomic E-state index is 0.267. The number of hydrogen-bond acceptors (Lipinski definition) is 7. The van der Waals surface area contributed by atoms with E-state index in [0.29, 0.717) is 37.2 Å². The fourth-order valence-electron chi connectivity index (χ4n) is 3.64. The first-order valence-electron chi connectivity index (χ1n) is 10.00. The molecule has 1 aromatic heterocycles. The van der Waals surface area contributed by atoms with E-state index in [4.69, 9.17) is 14.2 Å². The number of benzene rings is 1. The molecule has 0 atom stereocenters. The molecule has 0 aliphatic carbocycles. The average molecular weight is 398 g/mol. The molecule has 1 spiro atoms. The lowest BCUT2D eigenvalue weighted by Gasteiger charge is -2.37. The van der Waals surface area contributed by atoms with Crippen LogP contribution >= 0.6 is 0 Å². The Labute approximate surface area is 170 Å². The lowest BCUT2D eigenvalue weighted by atomic mass is 10.0. The van der Waals surface area contributed by atoms with E-state index >= 15 is 0 Å². The molecule has 1 N–H and O–H groups in total. The largest absolute Gasteiger partial charge is 0.494 e. The molecule has 0 unspecified atom stereocenters. The van der Waals surface area contributed by atoms with E-state index in [2.05, 4.69) is 20.2 Å². The van der Waals surface area contributed by atoms with Gasteiger partial charge in [0.1, 0.15) is 11.4 Å². The third kappa shape index (κ3) is 4.49. The Balaban J connectivity index is 1.44. The number of carbonyl (C=O) groups excluding carboxylic acids is 1. The van der Waals surface area contributed by atoms with Crippen LogP contribution in [0.2, 0.25) is 0 Å². The first-order chi connectivity index (χ1) is 14.1. The van der Waals surface area contributed by atoms with Crippen LogP contribution in [0.3, 0.4) is 0 Å². The maximum atomic E-state index is 12.7. The van der Waals surface area contributed by atoms with Gasteiger partial charge in [0.25, 0.3) is 5.91 Å². The quantitative estimate of drug-likeness (QED) is 0.829. The van der Waals surface area contributed by atoms with E-state index in [1.54, 1.807) is 6.07 Å². The lowest BCUT2D eigenvalue weighted by Crippen LogP contribution is -2.45. The number of amides is 1. The first kappa shape index (κ1) is 19.6. The van der Waals surface area contributed by atoms with Crippen molar-refractivity contribution >= 4 is 17.5 Å². The van der Waals surface area contributed by atoms with Crippen molar-refractivity contribution < 1.29 is 19.0 Å². The van der Waals surface area contributed by atoms with E-state index < -0.39 is 5.79 Å². The maximum Gasteiger partial charge on any atom is 0.274 e. The molecule has 1 aromatic carbocycles. The average Bonchev–Trinajstić information content (AvgIpc) is 3.17. The molecule has 0 bridgehead atoms. The minimum Gasteiger partial charge on any atom is -0.494 e. The Morgan fingerprint density at radius 2 is 1.86 bits per heavy atom. The van der Waals surface area contributed by atoms with Crippen molar-refractivity contribution in [3.63, 3.8) is 0 Å². The van der Waals surface area contributed by atoms with E-state index in [1.807, 2.05) is 38.1 Å². The Morgan fingerprint density at radius 3 is 2.52 bits per heavy atom. The molecule has 29 heavy (non-hydrogen) atoms. The highest BCUT2D eigenvalue weighted by atomic mass is 16.7. The smallest absolute Gasteiger partial charge is 0.274 e. The van der Waals surface area contributed by atoms with Crippen LogP contribution in [0.15, 0.2) is 30.3 Å². The van der Waals surface area contributed by atoms with Crippen molar-refractivity contribution in [2.24, 2.45) is 0 Å². The molecule has 2 aromatic rings. The number of carbonyl (C=O) groups is 1. The van der Waals surface area contributed by atoms with E-state index in [-0.39, 0.29) is 5.91 Å². The van der Waals surface area contributed by atoms with Gasteiger partial charge in [0, 0.05) is 37.3 Å². The first-order valence-corrected chi connectivity index (χ1v) is 10.00. The topological polar surface area (TPSA) is 85.8 Å². The monoisotopic (exact) mass is 398 g/mol. The maximum absolute atomic E-state index is 12.7. The molecule has 8 heteroatoms. The molecule has 154 valence electrons. The zero-order chi connectivity index (χ0) is 20.3. The summed E-state index contributed by atoms with van der Waals surface area (Å²) in [5.41, 5.74) is 1.78. The SMILES string of the molecule is CCOc1ccc(NC(=O)c2cc(C)nc(N3CCC4(CC3)OCCO4)n2)cc1. The zero-order valence-electron chi connectivity index (χ0n) is 16.8. The second-order valence-corrected chi connectivity index (χ2v) is 7.20. The van der Waals surface area contributed by atoms with Gasteiger partial charge in [0.2, 0.25) is 5.95 Å². The van der Waals surface area contributed by atoms with Gasteiger partial charge in [-0.3, -0.25) is 4.79 Å². The van der Waals surface area contributed by atoms with Gasteiger partial charge >= 0.3 is 0 Å². The molecule has 1 amide bonds. The van der Waals surface area contributed by atoms with Gasteiger partial charge < -0.3 is 24.4 Å². The molecular weight excluding hydrogens is 372 g/mol. The molecule has 2 aliphatic heterocycles. The Morgan fingerprint density at radius 1 is 1.17 bits per heavy atom. The lowest BCUT2D eigenvalue weighted by molar-refractivity contribution is -0.169. The summed E-state index contributed by atoms with van der Waals surface area (Å²) in [6.07, 6.45) is 1.52. The predicted molar refractivity (Wildman–Crippen MR) is 108 cm³/mol. The van der Waals surface area contributed by atoms with Crippen LogP contribution in [0.5, 0.6) is 5.75 Å². The van der Waals surface area contributed by atoms with Gasteiger partial charge in [-0.1, -0.05) is 0 Å². The summed E-state index contributed by atoms with van der Waals surface area (Å²) < 4.78 is 17.0. The van der Waals surface area contributed by atoms with Crippen LogP contribution in [-0.4, -0.2) is 54.6 Å². The van der Waals surface area contributed by atoms with Crippen LogP contribution < -0.4 is 15.0 Å². The predicted octanol–water partition coefficient (Wildman–Crippen LogP) is 2.78. The fraction of sp³-hybridized carbons (Fsp3) is 0.476. The Kier molecular flexibility index (Phi) is 5.64. The van der Waals surface area contributed by atoms with Crippen molar-refractivity contribution in [1.29, 1.82) is 0 Å². The van der Waals surface area contributed by atoms with Gasteiger partial charge in [0.15, 0.2) is 5.79 Å². The summed E-state index contributed by atoms with van der Waals surface area (Å²) in [4.78, 5) is 23.8. The number of nitrogens with one attached hydrogen (secondary N) is 1. The second-order valence-electron chi connectivity index (χ2n) is 7.20. The van der Waals surface area contributed by atoms with Gasteiger partial charge in [-0.05, 0) is 44.2 Å². The molecule has 3 heterocycles. The summed E-state index contributed by atoms with van der Waals surface area (Å²) in [7, 11) is 0. The standard InChI is InChI=1S/C21H26N4O4/c1-3-27-17-6-4-16(5-7-17)23-19(26)18-14-15(2)22-20(24-18)25-10-8-21(9-11-25)28-12-13-29-21/h4-7,14H,3,8-13H2,1-2H3,(H,23,26). The highest BCUT2D eigenvalue weighted by Gasteiger charge is 2.40. The van der Waals surface area contributed by atoms with Crippen LogP contribution in [0.4, 0.5) is 11.6 Å². The number of anilines is 2. The zero-order valence-corrected chi connectivity index (χ0v) is 16.8. The van der Waals surface area contributed by atoms with Gasteiger partial charge in [-0.2, -0.15) is 0 Å². The van der Waals surface area contributed by atoms with Gasteiger partial charge in [0.05, 0.1) is 19.8 Å². The number of ether oxygens (including phenoxy) is 3. The van der Waals surface area contributed by atoms with Gasteiger partial charge in [-0.25, -0.2) is 9.97 Å². The highest BCUT2D eigenvalue weighted by molar-refractivity contribution is 6.03. The van der Waals surface area contributed by atoms with E-state index in [0.717, 1.165) is 37.4 Å². The van der Waals surface area contributed by atoms with Crippen LogP contribution in [0, 0.1) is 6.92 Å². The molecule has 2 fully saturated rings. The summed E-state index contributed by atoms with van der Waals surface area (Å²) in [5.74, 6) is 0.615. The Hall–Kier alpha value is -2.71. The Bertz CT molecular complexity index is 855. The second kappa shape index (κ2) is 8.34. The number of piperidine rings is 1. The number of hydrogen-bond donors (Lipinski definition) is 1. The summed E-state index contributed by atoms with van der Waals surface area (Å²) in [6, 6.07) is 8.97. The van der Waals surface area contributed by atoms with E-state index in [9.17, 15) is 4.79 Å². The molecule has 2 aliphatic rings. The highest BCUT2D eigenvalue weighted by Crippen LogP contribution is 2.32. The number of nitrogens with zero attached hydrogens (tertiary/aromatic N) is 3. The molecule has 0 saturated carbocycles. The van der Waals surface area contributed by atoms with Crippen molar-refractivity contribution in [1.82, 2.24) is 9.97 Å². The van der Waals surface area contributed by atoms with E-state index in [1.165, 1.54) is 0 Å². The molecule has 4 rings (SSSR count). The molecule has 8 nitrogen and oxygen atoms in total. The van der Waals surface area contributed by atoms with Crippen molar-refractivity contribution in [2.45, 2.75) is 32.5 Å². The van der Waals surface area contributed by atoms with Crippen molar-refractivity contribution in [3.05, 3.63) is 41.7 Å². The third-order valence-corrected chi connectivity index (χ3v) is 5.12. The van der Waals surface area contributed by atoms with Crippen molar-refractivity contribution in [3.8, 4) is 5.75 Å². The molecular formula is C21H26N4O4. The normalized spacial score (nSPS) is 18.1. The summed E-state index contributed by atoms with van der Waals surface area (Å²) >= 11 is 0. The minimum atomic E-state index is -0.450. The number of rotatable bonds is 5. The fourth-order valence-corrected chi connectivity index (χ4v) is 3.64. The van der Waals surface area contributed by atoms with Crippen LogP contribution in [0.25, 0.3) is 0 Å². The summed E-state index contributed by atoms with van der Waals surface area (Å²) in [6.45, 7) is 7.15. The van der Waals surface area contributed by atoms with Crippen LogP contribution in [0.1, 0.15) is 35.9 Å². The molecule has 2 saturated heterocycles. The summed E-state index contributed by atoms with van der Waals surface area (Å²) in [5, 5.41) is 2.88. The number of aryl methyl sites for hydroxylation is 1. The molecule has 0 radical (unpaired) electrons. The van der Waals surface area contributed by atoms with Crippen molar-refractivity contribution in [2.75, 3.05) is 43.1 Å².